The first-order chi connectivity index (χ1) is 9.33. The van der Waals surface area contributed by atoms with Crippen molar-refractivity contribution in [3.63, 3.8) is 0 Å². The van der Waals surface area contributed by atoms with Gasteiger partial charge in [0.2, 0.25) is 5.88 Å². The minimum absolute atomic E-state index is 0.329. The third-order valence-corrected chi connectivity index (χ3v) is 2.75. The molecule has 2 aromatic carbocycles. The number of nitrogens with zero attached hydrogens (tertiary/aromatic N) is 1. The normalized spacial score (nSPS) is 16.3. The van der Waals surface area contributed by atoms with Gasteiger partial charge in [0.25, 0.3) is 0 Å². The average Bonchev–Trinajstić information content (AvgIpc) is 2.82. The van der Waals surface area contributed by atoms with Gasteiger partial charge in [-0.05, 0) is 5.56 Å². The van der Waals surface area contributed by atoms with Crippen LogP contribution in [0.3, 0.4) is 0 Å². The van der Waals surface area contributed by atoms with Gasteiger partial charge in [0.05, 0.1) is 0 Å². The lowest BCUT2D eigenvalue weighted by atomic mass is 10.1. The second-order valence-corrected chi connectivity index (χ2v) is 4.11. The molecule has 1 aliphatic heterocycles. The smallest absolute Gasteiger partial charge is 0.364 e. The van der Waals surface area contributed by atoms with Gasteiger partial charge in [-0.25, -0.2) is 9.79 Å². The van der Waals surface area contributed by atoms with E-state index in [1.165, 1.54) is 0 Å². The first-order valence-corrected chi connectivity index (χ1v) is 5.96. The fourth-order valence-corrected chi connectivity index (χ4v) is 1.85. The highest BCUT2D eigenvalue weighted by atomic mass is 16.6. The zero-order valence-corrected chi connectivity index (χ0v) is 10.1. The molecule has 0 bridgehead atoms. The van der Waals surface area contributed by atoms with Crippen molar-refractivity contribution in [2.45, 2.75) is 0 Å². The van der Waals surface area contributed by atoms with Gasteiger partial charge in [-0.1, -0.05) is 60.7 Å². The van der Waals surface area contributed by atoms with E-state index in [9.17, 15) is 4.79 Å². The van der Waals surface area contributed by atoms with Crippen molar-refractivity contribution < 1.29 is 9.53 Å². The van der Waals surface area contributed by atoms with Gasteiger partial charge in [0, 0.05) is 11.6 Å². The van der Waals surface area contributed by atoms with E-state index in [4.69, 9.17) is 4.74 Å². The number of hydrogen-bond acceptors (Lipinski definition) is 3. The van der Waals surface area contributed by atoms with Crippen LogP contribution >= 0.6 is 0 Å². The standard InChI is InChI=1S/C16H11NO2/c18-16-15(13-9-5-2-6-10-13)17-14(19-16)11-12-7-3-1-4-8-12/h1-11H/b14-11-. The quantitative estimate of drug-likeness (QED) is 0.767. The van der Waals surface area contributed by atoms with Crippen LogP contribution in [0.1, 0.15) is 11.1 Å². The fourth-order valence-electron chi connectivity index (χ4n) is 1.85. The summed E-state index contributed by atoms with van der Waals surface area (Å²) >= 11 is 0. The van der Waals surface area contributed by atoms with Gasteiger partial charge < -0.3 is 4.74 Å². The molecule has 0 N–H and O–H groups in total. The number of aliphatic imine (C=N–C) groups is 1. The molecule has 0 saturated heterocycles. The second-order valence-electron chi connectivity index (χ2n) is 4.11. The van der Waals surface area contributed by atoms with Crippen LogP contribution in [0.2, 0.25) is 0 Å². The summed E-state index contributed by atoms with van der Waals surface area (Å²) in [6.45, 7) is 0. The minimum atomic E-state index is -0.409. The molecule has 0 atom stereocenters. The molecule has 1 aliphatic rings. The van der Waals surface area contributed by atoms with E-state index in [-0.39, 0.29) is 0 Å². The molecule has 3 nitrogen and oxygen atoms in total. The number of carbonyl (C=O) groups excluding carboxylic acids is 1. The number of carbonyl (C=O) groups is 1. The van der Waals surface area contributed by atoms with E-state index >= 15 is 0 Å². The first kappa shape index (κ1) is 11.4. The van der Waals surface area contributed by atoms with Crippen LogP contribution in [0.4, 0.5) is 0 Å². The zero-order valence-electron chi connectivity index (χ0n) is 10.1. The van der Waals surface area contributed by atoms with Crippen LogP contribution in [0, 0.1) is 0 Å². The van der Waals surface area contributed by atoms with Crippen molar-refractivity contribution in [2.24, 2.45) is 4.99 Å². The second kappa shape index (κ2) is 4.90. The predicted molar refractivity (Wildman–Crippen MR) is 73.5 cm³/mol. The van der Waals surface area contributed by atoms with Crippen molar-refractivity contribution in [2.75, 3.05) is 0 Å². The lowest BCUT2D eigenvalue weighted by Gasteiger charge is -1.95. The van der Waals surface area contributed by atoms with Crippen molar-refractivity contribution in [1.82, 2.24) is 0 Å². The predicted octanol–water partition coefficient (Wildman–Crippen LogP) is 3.03. The molecule has 3 heteroatoms. The Hall–Kier alpha value is -2.68. The molecular formula is C16H11NO2. The van der Waals surface area contributed by atoms with Gasteiger partial charge in [0.1, 0.15) is 0 Å². The summed E-state index contributed by atoms with van der Waals surface area (Å²) in [6, 6.07) is 18.9. The number of ether oxygens (including phenoxy) is 1. The summed E-state index contributed by atoms with van der Waals surface area (Å²) in [5.41, 5.74) is 2.06. The highest BCUT2D eigenvalue weighted by Gasteiger charge is 2.24. The maximum absolute atomic E-state index is 11.8. The summed E-state index contributed by atoms with van der Waals surface area (Å²) in [5, 5.41) is 0. The summed E-state index contributed by atoms with van der Waals surface area (Å²) in [5.74, 6) is -0.0802. The molecule has 2 aromatic rings. The van der Waals surface area contributed by atoms with Crippen LogP contribution in [0.15, 0.2) is 71.5 Å². The Morgan fingerprint density at radius 2 is 1.53 bits per heavy atom. The van der Waals surface area contributed by atoms with Crippen LogP contribution in [-0.2, 0) is 9.53 Å². The Bertz CT molecular complexity index is 658. The number of hydrogen-bond donors (Lipinski definition) is 0. The minimum Gasteiger partial charge on any atom is -0.403 e. The van der Waals surface area contributed by atoms with E-state index < -0.39 is 5.97 Å². The Kier molecular flexibility index (Phi) is 2.94. The molecule has 0 spiro atoms. The molecule has 0 unspecified atom stereocenters. The fraction of sp³-hybridized carbons (Fsp3) is 0. The molecule has 0 amide bonds. The largest absolute Gasteiger partial charge is 0.403 e. The molecule has 0 saturated carbocycles. The first-order valence-electron chi connectivity index (χ1n) is 5.96. The van der Waals surface area contributed by atoms with E-state index in [0.29, 0.717) is 11.6 Å². The Morgan fingerprint density at radius 1 is 0.895 bits per heavy atom. The maximum atomic E-state index is 11.8. The topological polar surface area (TPSA) is 38.7 Å². The Labute approximate surface area is 110 Å². The van der Waals surface area contributed by atoms with E-state index in [2.05, 4.69) is 4.99 Å². The van der Waals surface area contributed by atoms with Crippen molar-refractivity contribution in [3.05, 3.63) is 77.7 Å². The van der Waals surface area contributed by atoms with E-state index in [1.807, 2.05) is 60.7 Å². The van der Waals surface area contributed by atoms with Gasteiger partial charge in [0.15, 0.2) is 5.71 Å². The summed E-state index contributed by atoms with van der Waals surface area (Å²) in [6.07, 6.45) is 1.74. The number of cyclic esters (lactones) is 1. The van der Waals surface area contributed by atoms with Crippen molar-refractivity contribution in [1.29, 1.82) is 0 Å². The van der Waals surface area contributed by atoms with Crippen LogP contribution in [0.25, 0.3) is 6.08 Å². The number of benzene rings is 2. The van der Waals surface area contributed by atoms with Crippen molar-refractivity contribution in [3.8, 4) is 0 Å². The highest BCUT2D eigenvalue weighted by Crippen LogP contribution is 2.18. The maximum Gasteiger partial charge on any atom is 0.364 e. The molecule has 0 radical (unpaired) electrons. The third-order valence-electron chi connectivity index (χ3n) is 2.75. The molecular weight excluding hydrogens is 238 g/mol. The molecule has 0 aromatic heterocycles. The molecule has 0 aliphatic carbocycles. The lowest BCUT2D eigenvalue weighted by Crippen LogP contribution is -2.10. The number of esters is 1. The highest BCUT2D eigenvalue weighted by molar-refractivity contribution is 6.45. The Morgan fingerprint density at radius 3 is 2.21 bits per heavy atom. The van der Waals surface area contributed by atoms with Crippen LogP contribution < -0.4 is 0 Å². The molecule has 92 valence electrons. The van der Waals surface area contributed by atoms with Gasteiger partial charge in [-0.3, -0.25) is 0 Å². The average molecular weight is 249 g/mol. The van der Waals surface area contributed by atoms with E-state index in [0.717, 1.165) is 11.1 Å². The zero-order chi connectivity index (χ0) is 13.1. The molecule has 19 heavy (non-hydrogen) atoms. The van der Waals surface area contributed by atoms with Crippen molar-refractivity contribution >= 4 is 17.8 Å². The monoisotopic (exact) mass is 249 g/mol. The number of rotatable bonds is 2. The summed E-state index contributed by atoms with van der Waals surface area (Å²) in [7, 11) is 0. The van der Waals surface area contributed by atoms with Crippen LogP contribution in [-0.4, -0.2) is 11.7 Å². The van der Waals surface area contributed by atoms with Gasteiger partial charge in [-0.15, -0.1) is 0 Å². The SMILES string of the molecule is O=C1O/C(=C\c2ccccc2)N=C1c1ccccc1. The van der Waals surface area contributed by atoms with E-state index in [1.54, 1.807) is 6.08 Å². The third kappa shape index (κ3) is 2.45. The van der Waals surface area contributed by atoms with Gasteiger partial charge >= 0.3 is 5.97 Å². The Balaban J connectivity index is 1.94. The van der Waals surface area contributed by atoms with Gasteiger partial charge in [-0.2, -0.15) is 0 Å². The molecule has 0 fully saturated rings. The lowest BCUT2D eigenvalue weighted by molar-refractivity contribution is -0.130. The molecule has 3 rings (SSSR count). The summed E-state index contributed by atoms with van der Waals surface area (Å²) < 4.78 is 5.15. The summed E-state index contributed by atoms with van der Waals surface area (Å²) in [4.78, 5) is 16.0. The van der Waals surface area contributed by atoms with Crippen LogP contribution in [0.5, 0.6) is 0 Å². The molecule has 1 heterocycles.